The highest BCUT2D eigenvalue weighted by molar-refractivity contribution is 6.30. The molecule has 3 rings (SSSR count). The van der Waals surface area contributed by atoms with Crippen LogP contribution in [0.25, 0.3) is 0 Å². The van der Waals surface area contributed by atoms with Gasteiger partial charge in [0.25, 0.3) is 0 Å². The largest absolute Gasteiger partial charge is 0.308 e. The van der Waals surface area contributed by atoms with Crippen molar-refractivity contribution in [2.75, 3.05) is 6.54 Å². The zero-order chi connectivity index (χ0) is 20.7. The van der Waals surface area contributed by atoms with Crippen molar-refractivity contribution >= 4 is 23.2 Å². The maximum absolute atomic E-state index is 14.8. The third-order valence-corrected chi connectivity index (χ3v) is 5.85. The number of hydrogen-bond acceptors (Lipinski definition) is 2. The van der Waals surface area contributed by atoms with Crippen LogP contribution >= 0.6 is 23.2 Å². The van der Waals surface area contributed by atoms with Gasteiger partial charge in [0.15, 0.2) is 0 Å². The van der Waals surface area contributed by atoms with Gasteiger partial charge in [-0.15, -0.1) is 0 Å². The van der Waals surface area contributed by atoms with Gasteiger partial charge in [0.2, 0.25) is 0 Å². The fourth-order valence-electron chi connectivity index (χ4n) is 4.19. The topological polar surface area (TPSA) is 35.8 Å². The summed E-state index contributed by atoms with van der Waals surface area (Å²) in [6, 6.07) is 10.8. The molecule has 0 bridgehead atoms. The molecule has 3 unspecified atom stereocenters. The number of hydrogen-bond donors (Lipinski definition) is 1. The fraction of sp³-hybridized carbons (Fsp3) is 0.409. The highest BCUT2D eigenvalue weighted by atomic mass is 35.5. The van der Waals surface area contributed by atoms with Crippen LogP contribution < -0.4 is 5.32 Å². The van der Waals surface area contributed by atoms with E-state index in [1.165, 1.54) is 12.1 Å². The molecule has 2 nitrogen and oxygen atoms in total. The average Bonchev–Trinajstić information content (AvgIpc) is 2.92. The van der Waals surface area contributed by atoms with Gasteiger partial charge >= 0.3 is 0 Å². The third kappa shape index (κ3) is 3.89. The van der Waals surface area contributed by atoms with Crippen LogP contribution in [-0.4, -0.2) is 6.54 Å². The lowest BCUT2D eigenvalue weighted by atomic mass is 9.65. The summed E-state index contributed by atoms with van der Waals surface area (Å²) in [7, 11) is 0. The molecule has 6 heteroatoms. The van der Waals surface area contributed by atoms with Gasteiger partial charge in [0.1, 0.15) is 17.0 Å². The summed E-state index contributed by atoms with van der Waals surface area (Å²) in [5.74, 6) is -1.30. The van der Waals surface area contributed by atoms with E-state index in [1.54, 1.807) is 24.3 Å². The van der Waals surface area contributed by atoms with Gasteiger partial charge in [0.05, 0.1) is 6.07 Å². The molecule has 0 radical (unpaired) electrons. The van der Waals surface area contributed by atoms with E-state index in [2.05, 4.69) is 32.2 Å². The van der Waals surface area contributed by atoms with E-state index >= 15 is 0 Å². The smallest absolute Gasteiger partial charge is 0.129 e. The Morgan fingerprint density at radius 1 is 1.11 bits per heavy atom. The minimum absolute atomic E-state index is 0.150. The van der Waals surface area contributed by atoms with Crippen LogP contribution in [0.3, 0.4) is 0 Å². The van der Waals surface area contributed by atoms with Crippen molar-refractivity contribution in [3.63, 3.8) is 0 Å². The molecule has 0 amide bonds. The number of halogens is 4. The number of nitrogens with zero attached hydrogens (tertiary/aromatic N) is 1. The molecule has 1 heterocycles. The van der Waals surface area contributed by atoms with Crippen LogP contribution in [0.2, 0.25) is 10.0 Å². The molecule has 1 aliphatic rings. The van der Waals surface area contributed by atoms with E-state index in [-0.39, 0.29) is 28.5 Å². The number of nitriles is 1. The maximum atomic E-state index is 14.8. The summed E-state index contributed by atoms with van der Waals surface area (Å²) < 4.78 is 29.5. The molecule has 0 saturated carbocycles. The first-order chi connectivity index (χ1) is 13.1. The second kappa shape index (κ2) is 7.63. The van der Waals surface area contributed by atoms with Crippen molar-refractivity contribution in [1.82, 2.24) is 5.32 Å². The van der Waals surface area contributed by atoms with E-state index < -0.39 is 23.1 Å². The van der Waals surface area contributed by atoms with E-state index in [9.17, 15) is 14.0 Å². The van der Waals surface area contributed by atoms with Crippen molar-refractivity contribution in [2.24, 2.45) is 11.3 Å². The van der Waals surface area contributed by atoms with Crippen molar-refractivity contribution in [2.45, 2.75) is 38.6 Å². The Hall–Kier alpha value is -1.67. The maximum Gasteiger partial charge on any atom is 0.129 e. The monoisotopic (exact) mass is 422 g/mol. The van der Waals surface area contributed by atoms with Crippen LogP contribution in [0.5, 0.6) is 0 Å². The van der Waals surface area contributed by atoms with Gasteiger partial charge in [-0.05, 0) is 36.1 Å². The lowest BCUT2D eigenvalue weighted by molar-refractivity contribution is 0.230. The number of rotatable bonds is 3. The quantitative estimate of drug-likeness (QED) is 0.618. The van der Waals surface area contributed by atoms with E-state index in [1.807, 2.05) is 0 Å². The average molecular weight is 423 g/mol. The summed E-state index contributed by atoms with van der Waals surface area (Å²) in [6.07, 6.45) is 0.600. The molecule has 1 N–H and O–H groups in total. The zero-order valence-electron chi connectivity index (χ0n) is 16.0. The normalized spacial score (nSPS) is 24.9. The molecular formula is C22H22Cl2F2N2. The standard InChI is InChI=1S/C22H22Cl2F2N2/c1-21(2,3)10-17-20(15-6-4-13(23)8-18(15)25)28-12-22(17,11-27)16-7-5-14(24)9-19(16)26/h4-9,17,20,28H,10,12H2,1-3H3. The van der Waals surface area contributed by atoms with Crippen LogP contribution in [0.1, 0.15) is 44.4 Å². The molecule has 1 fully saturated rings. The predicted molar refractivity (Wildman–Crippen MR) is 108 cm³/mol. The van der Waals surface area contributed by atoms with Gasteiger partial charge in [0, 0.05) is 39.7 Å². The van der Waals surface area contributed by atoms with Gasteiger partial charge in [-0.3, -0.25) is 0 Å². The molecule has 148 valence electrons. The van der Waals surface area contributed by atoms with Gasteiger partial charge in [-0.1, -0.05) is 56.1 Å². The number of benzene rings is 2. The lowest BCUT2D eigenvalue weighted by Gasteiger charge is -2.36. The first-order valence-electron chi connectivity index (χ1n) is 9.12. The highest BCUT2D eigenvalue weighted by Crippen LogP contribution is 2.50. The van der Waals surface area contributed by atoms with Gasteiger partial charge in [-0.2, -0.15) is 5.26 Å². The lowest BCUT2D eigenvalue weighted by Crippen LogP contribution is -2.37. The fourth-order valence-corrected chi connectivity index (χ4v) is 4.51. The summed E-state index contributed by atoms with van der Waals surface area (Å²) >= 11 is 11.8. The summed E-state index contributed by atoms with van der Waals surface area (Å²) in [4.78, 5) is 0. The zero-order valence-corrected chi connectivity index (χ0v) is 17.5. The molecule has 0 aromatic heterocycles. The van der Waals surface area contributed by atoms with Crippen molar-refractivity contribution in [3.8, 4) is 6.07 Å². The van der Waals surface area contributed by atoms with E-state index in [0.717, 1.165) is 0 Å². The molecular weight excluding hydrogens is 401 g/mol. The minimum atomic E-state index is -1.14. The van der Waals surface area contributed by atoms with Gasteiger partial charge in [-0.25, -0.2) is 8.78 Å². The SMILES string of the molecule is CC(C)(C)CC1C(c2ccc(Cl)cc2F)NCC1(C#N)c1ccc(Cl)cc1F. The first kappa shape index (κ1) is 21.0. The summed E-state index contributed by atoms with van der Waals surface area (Å²) in [5.41, 5.74) is -0.565. The Labute approximate surface area is 174 Å². The second-order valence-electron chi connectivity index (χ2n) is 8.60. The van der Waals surface area contributed by atoms with Crippen molar-refractivity contribution in [3.05, 3.63) is 69.2 Å². The predicted octanol–water partition coefficient (Wildman–Crippen LogP) is 6.43. The summed E-state index contributed by atoms with van der Waals surface area (Å²) in [5, 5.41) is 14.1. The molecule has 0 spiro atoms. The van der Waals surface area contributed by atoms with Gasteiger partial charge < -0.3 is 5.32 Å². The van der Waals surface area contributed by atoms with E-state index in [4.69, 9.17) is 23.2 Å². The van der Waals surface area contributed by atoms with Crippen LogP contribution in [-0.2, 0) is 5.41 Å². The van der Waals surface area contributed by atoms with Crippen LogP contribution in [0.4, 0.5) is 8.78 Å². The molecule has 28 heavy (non-hydrogen) atoms. The Bertz CT molecular complexity index is 933. The Morgan fingerprint density at radius 2 is 1.71 bits per heavy atom. The van der Waals surface area contributed by atoms with Crippen molar-refractivity contribution in [1.29, 1.82) is 5.26 Å². The minimum Gasteiger partial charge on any atom is -0.308 e. The molecule has 0 aliphatic carbocycles. The van der Waals surface area contributed by atoms with Crippen LogP contribution in [0.15, 0.2) is 36.4 Å². The summed E-state index contributed by atoms with van der Waals surface area (Å²) in [6.45, 7) is 6.39. The second-order valence-corrected chi connectivity index (χ2v) is 9.48. The third-order valence-electron chi connectivity index (χ3n) is 5.38. The highest BCUT2D eigenvalue weighted by Gasteiger charge is 2.53. The number of nitrogens with one attached hydrogen (secondary N) is 1. The Kier molecular flexibility index (Phi) is 5.74. The molecule has 3 atom stereocenters. The first-order valence-corrected chi connectivity index (χ1v) is 9.88. The molecule has 2 aromatic carbocycles. The van der Waals surface area contributed by atoms with Crippen molar-refractivity contribution < 1.29 is 8.78 Å². The molecule has 1 saturated heterocycles. The Balaban J connectivity index is 2.16. The molecule has 1 aliphatic heterocycles. The molecule has 2 aromatic rings. The van der Waals surface area contributed by atoms with Crippen LogP contribution in [0, 0.1) is 34.3 Å². The Morgan fingerprint density at radius 3 is 2.25 bits per heavy atom. The van der Waals surface area contributed by atoms with E-state index in [0.29, 0.717) is 17.0 Å².